The number of thioether (sulfide) groups is 1. The second-order valence-corrected chi connectivity index (χ2v) is 9.09. The second-order valence-electron chi connectivity index (χ2n) is 7.71. The van der Waals surface area contributed by atoms with Crippen molar-refractivity contribution in [3.8, 4) is 22.9 Å². The molecule has 0 bridgehead atoms. The van der Waals surface area contributed by atoms with Crippen LogP contribution in [0.5, 0.6) is 11.5 Å². The minimum absolute atomic E-state index is 0.619. The van der Waals surface area contributed by atoms with E-state index in [4.69, 9.17) is 36.1 Å². The normalized spacial score (nSPS) is 13.4. The molecule has 1 aliphatic rings. The Morgan fingerprint density at radius 2 is 1.79 bits per heavy atom. The molecular weight excluding hydrogens is 456 g/mol. The monoisotopic (exact) mass is 474 g/mol. The molecule has 6 nitrogen and oxygen atoms in total. The summed E-state index contributed by atoms with van der Waals surface area (Å²) in [6, 6.07) is 21.7. The zero-order valence-electron chi connectivity index (χ0n) is 17.6. The summed E-state index contributed by atoms with van der Waals surface area (Å²) in [5, 5.41) is 7.29. The van der Waals surface area contributed by atoms with E-state index in [1.165, 1.54) is 0 Å². The van der Waals surface area contributed by atoms with Crippen LogP contribution in [0.2, 0.25) is 5.02 Å². The minimum Gasteiger partial charge on any atom is -0.490 e. The summed E-state index contributed by atoms with van der Waals surface area (Å²) < 4.78 is 13.5. The molecule has 1 aliphatic heterocycles. The number of ether oxygens (including phenoxy) is 2. The van der Waals surface area contributed by atoms with Crippen LogP contribution < -0.4 is 9.47 Å². The average Bonchev–Trinajstić information content (AvgIpc) is 3.16. The number of hydrogen-bond donors (Lipinski definition) is 0. The summed E-state index contributed by atoms with van der Waals surface area (Å²) >= 11 is 7.77. The Hall–Kier alpha value is -3.29. The van der Waals surface area contributed by atoms with Gasteiger partial charge in [-0.25, -0.2) is 9.97 Å². The minimum atomic E-state index is 0.619. The molecule has 0 radical (unpaired) electrons. The van der Waals surface area contributed by atoms with Gasteiger partial charge in [0.25, 0.3) is 0 Å². The van der Waals surface area contributed by atoms with Crippen LogP contribution in [0.1, 0.15) is 12.0 Å². The van der Waals surface area contributed by atoms with Gasteiger partial charge in [0.05, 0.1) is 18.7 Å². The van der Waals surface area contributed by atoms with Crippen LogP contribution in [0.3, 0.4) is 0 Å². The number of fused-ring (bicyclic) bond motifs is 4. The van der Waals surface area contributed by atoms with Crippen molar-refractivity contribution >= 4 is 39.9 Å². The van der Waals surface area contributed by atoms with Gasteiger partial charge in [-0.05, 0) is 48.0 Å². The highest BCUT2D eigenvalue weighted by molar-refractivity contribution is 7.98. The molecule has 2 aromatic heterocycles. The Morgan fingerprint density at radius 1 is 0.909 bits per heavy atom. The summed E-state index contributed by atoms with van der Waals surface area (Å²) in [7, 11) is 0. The van der Waals surface area contributed by atoms with Crippen molar-refractivity contribution in [3.63, 3.8) is 0 Å². The molecule has 0 saturated carbocycles. The fourth-order valence-electron chi connectivity index (χ4n) is 3.82. The highest BCUT2D eigenvalue weighted by Gasteiger charge is 2.17. The largest absolute Gasteiger partial charge is 0.490 e. The van der Waals surface area contributed by atoms with Gasteiger partial charge in [-0.15, -0.1) is 5.10 Å². The van der Waals surface area contributed by atoms with Gasteiger partial charge in [0, 0.05) is 28.1 Å². The molecule has 0 aliphatic carbocycles. The highest BCUT2D eigenvalue weighted by Crippen LogP contribution is 2.34. The highest BCUT2D eigenvalue weighted by atomic mass is 35.5. The van der Waals surface area contributed by atoms with Crippen molar-refractivity contribution in [1.29, 1.82) is 0 Å². The van der Waals surface area contributed by atoms with Crippen molar-refractivity contribution in [2.45, 2.75) is 17.3 Å². The molecule has 8 heteroatoms. The molecule has 0 spiro atoms. The molecule has 6 rings (SSSR count). The molecule has 0 fully saturated rings. The van der Waals surface area contributed by atoms with Crippen molar-refractivity contribution in [2.75, 3.05) is 13.2 Å². The van der Waals surface area contributed by atoms with Gasteiger partial charge >= 0.3 is 0 Å². The van der Waals surface area contributed by atoms with Gasteiger partial charge in [-0.2, -0.15) is 4.52 Å². The van der Waals surface area contributed by atoms with Gasteiger partial charge in [0.2, 0.25) is 0 Å². The lowest BCUT2D eigenvalue weighted by Gasteiger charge is -2.07. The predicted octanol–water partition coefficient (Wildman–Crippen LogP) is 6.05. The summed E-state index contributed by atoms with van der Waals surface area (Å²) in [6.07, 6.45) is 0.863. The summed E-state index contributed by atoms with van der Waals surface area (Å²) in [5.41, 5.74) is 3.66. The van der Waals surface area contributed by atoms with E-state index in [2.05, 4.69) is 6.07 Å². The summed E-state index contributed by atoms with van der Waals surface area (Å²) in [5.74, 6) is 2.82. The van der Waals surface area contributed by atoms with Gasteiger partial charge in [-0.1, -0.05) is 47.6 Å². The van der Waals surface area contributed by atoms with E-state index in [-0.39, 0.29) is 0 Å². The van der Waals surface area contributed by atoms with E-state index < -0.39 is 0 Å². The Balaban J connectivity index is 1.44. The number of halogens is 1. The van der Waals surface area contributed by atoms with E-state index in [0.29, 0.717) is 19.0 Å². The van der Waals surface area contributed by atoms with Crippen LogP contribution in [0.4, 0.5) is 0 Å². The molecule has 0 N–H and O–H groups in total. The van der Waals surface area contributed by atoms with E-state index >= 15 is 0 Å². The first-order valence-corrected chi connectivity index (χ1v) is 12.0. The molecule has 33 heavy (non-hydrogen) atoms. The van der Waals surface area contributed by atoms with Crippen LogP contribution in [0, 0.1) is 0 Å². The molecule has 3 aromatic carbocycles. The third-order valence-corrected chi connectivity index (χ3v) is 6.65. The van der Waals surface area contributed by atoms with Crippen molar-refractivity contribution in [2.24, 2.45) is 0 Å². The SMILES string of the molecule is Clc1cccc(CSc2nc3ccccc3c3nc(-c4ccc5c(c4)OCCCO5)nn23)c1. The molecular formula is C25H19ClN4O2S. The molecule has 0 amide bonds. The average molecular weight is 475 g/mol. The van der Waals surface area contributed by atoms with Crippen LogP contribution >= 0.6 is 23.4 Å². The van der Waals surface area contributed by atoms with Crippen LogP contribution in [0.25, 0.3) is 27.9 Å². The zero-order chi connectivity index (χ0) is 22.2. The maximum atomic E-state index is 6.16. The van der Waals surface area contributed by atoms with Crippen molar-refractivity contribution in [1.82, 2.24) is 19.6 Å². The Bertz CT molecular complexity index is 1490. The van der Waals surface area contributed by atoms with Crippen molar-refractivity contribution < 1.29 is 9.47 Å². The van der Waals surface area contributed by atoms with Crippen molar-refractivity contribution in [3.05, 3.63) is 77.3 Å². The quantitative estimate of drug-likeness (QED) is 0.233. The predicted molar refractivity (Wildman–Crippen MR) is 130 cm³/mol. The smallest absolute Gasteiger partial charge is 0.191 e. The standard InChI is InChI=1S/C25H19ClN4O2S/c26-18-6-3-5-16(13-18)15-33-25-27-20-8-2-1-7-19(20)24-28-23(29-30(24)25)17-9-10-21-22(14-17)32-12-4-11-31-21/h1-3,5-10,13-14H,4,11-12,15H2. The fraction of sp³-hybridized carbons (Fsp3) is 0.160. The zero-order valence-corrected chi connectivity index (χ0v) is 19.1. The molecule has 3 heterocycles. The summed E-state index contributed by atoms with van der Waals surface area (Å²) in [6.45, 7) is 1.29. The van der Waals surface area contributed by atoms with Gasteiger partial charge in [0.15, 0.2) is 28.1 Å². The molecule has 164 valence electrons. The van der Waals surface area contributed by atoms with E-state index in [0.717, 1.165) is 61.5 Å². The fourth-order valence-corrected chi connectivity index (χ4v) is 4.92. The van der Waals surface area contributed by atoms with Crippen LogP contribution in [-0.4, -0.2) is 32.8 Å². The van der Waals surface area contributed by atoms with E-state index in [9.17, 15) is 0 Å². The lowest BCUT2D eigenvalue weighted by atomic mass is 10.2. The molecule has 0 unspecified atom stereocenters. The maximum absolute atomic E-state index is 6.16. The Kier molecular flexibility index (Phi) is 5.28. The Morgan fingerprint density at radius 3 is 2.70 bits per heavy atom. The number of rotatable bonds is 4. The lowest BCUT2D eigenvalue weighted by molar-refractivity contribution is 0.297. The third-order valence-electron chi connectivity index (χ3n) is 5.41. The Labute approximate surface area is 199 Å². The molecule has 5 aromatic rings. The number of benzene rings is 3. The van der Waals surface area contributed by atoms with E-state index in [1.807, 2.05) is 65.2 Å². The second kappa shape index (κ2) is 8.57. The van der Waals surface area contributed by atoms with Gasteiger partial charge in [-0.3, -0.25) is 0 Å². The van der Waals surface area contributed by atoms with Crippen LogP contribution in [-0.2, 0) is 5.75 Å². The number of hydrogen-bond acceptors (Lipinski definition) is 6. The third kappa shape index (κ3) is 3.98. The number of para-hydroxylation sites is 1. The van der Waals surface area contributed by atoms with Gasteiger partial charge in [0.1, 0.15) is 0 Å². The maximum Gasteiger partial charge on any atom is 0.191 e. The molecule has 0 saturated heterocycles. The molecule has 0 atom stereocenters. The number of nitrogens with zero attached hydrogens (tertiary/aromatic N) is 4. The van der Waals surface area contributed by atoms with E-state index in [1.54, 1.807) is 11.8 Å². The number of aromatic nitrogens is 4. The summed E-state index contributed by atoms with van der Waals surface area (Å²) in [4.78, 5) is 9.77. The first kappa shape index (κ1) is 20.3. The first-order valence-electron chi connectivity index (χ1n) is 10.7. The first-order chi connectivity index (χ1) is 16.2. The van der Waals surface area contributed by atoms with Crippen LogP contribution in [0.15, 0.2) is 71.9 Å². The lowest BCUT2D eigenvalue weighted by Crippen LogP contribution is -1.98. The topological polar surface area (TPSA) is 61.5 Å². The van der Waals surface area contributed by atoms with Gasteiger partial charge < -0.3 is 9.47 Å².